The van der Waals surface area contributed by atoms with E-state index in [4.69, 9.17) is 10.5 Å². The van der Waals surface area contributed by atoms with Crippen molar-refractivity contribution in [3.8, 4) is 0 Å². The largest absolute Gasteiger partial charge is 0.465 e. The quantitative estimate of drug-likeness (QED) is 0.525. The minimum Gasteiger partial charge on any atom is -0.465 e. The van der Waals surface area contributed by atoms with E-state index in [2.05, 4.69) is 11.9 Å². The van der Waals surface area contributed by atoms with Gasteiger partial charge in [-0.1, -0.05) is 19.3 Å². The summed E-state index contributed by atoms with van der Waals surface area (Å²) >= 11 is 0. The van der Waals surface area contributed by atoms with E-state index in [1.54, 1.807) is 6.92 Å². The summed E-state index contributed by atoms with van der Waals surface area (Å²) in [4.78, 5) is 14.1. The highest BCUT2D eigenvalue weighted by molar-refractivity contribution is 5.79. The molecule has 124 valence electrons. The van der Waals surface area contributed by atoms with Gasteiger partial charge in [-0.25, -0.2) is 0 Å². The molecular formula is C17H34N2O2. The molecule has 0 bridgehead atoms. The maximum atomic E-state index is 11.7. The number of nitrogens with two attached hydrogens (primary N) is 1. The number of carbonyl (C=O) groups is 1. The summed E-state index contributed by atoms with van der Waals surface area (Å²) in [5.74, 6) is 0.614. The smallest absolute Gasteiger partial charge is 0.325 e. The molecule has 0 spiro atoms. The van der Waals surface area contributed by atoms with Crippen molar-refractivity contribution in [2.45, 2.75) is 70.8 Å². The molecule has 1 aliphatic rings. The Hall–Kier alpha value is -0.610. The summed E-state index contributed by atoms with van der Waals surface area (Å²) in [6, 6.07) is 0. The molecular weight excluding hydrogens is 264 g/mol. The van der Waals surface area contributed by atoms with E-state index in [0.717, 1.165) is 25.3 Å². The van der Waals surface area contributed by atoms with E-state index in [0.29, 0.717) is 13.0 Å². The Kier molecular flexibility index (Phi) is 8.27. The Bertz CT molecular complexity index is 299. The van der Waals surface area contributed by atoms with E-state index in [1.807, 2.05) is 6.92 Å². The van der Waals surface area contributed by atoms with Crippen LogP contribution in [0.1, 0.15) is 65.2 Å². The molecule has 0 aromatic heterocycles. The van der Waals surface area contributed by atoms with E-state index in [9.17, 15) is 4.79 Å². The van der Waals surface area contributed by atoms with Crippen molar-refractivity contribution in [3.63, 3.8) is 0 Å². The molecule has 4 nitrogen and oxygen atoms in total. The first kappa shape index (κ1) is 18.4. The van der Waals surface area contributed by atoms with Crippen molar-refractivity contribution >= 4 is 5.97 Å². The summed E-state index contributed by atoms with van der Waals surface area (Å²) in [6.07, 6.45) is 9.79. The molecule has 1 saturated carbocycles. The standard InChI is InChI=1S/C17H34N2O2/c1-4-21-16(20)17(2,18)12-8-9-13-19(3)14-15-10-6-5-7-11-15/h15H,4-14,18H2,1-3H3. The normalized spacial score (nSPS) is 19.5. The number of unbranched alkanes of at least 4 members (excludes halogenated alkanes) is 1. The average Bonchev–Trinajstić information content (AvgIpc) is 2.45. The van der Waals surface area contributed by atoms with Crippen molar-refractivity contribution in [1.29, 1.82) is 0 Å². The Morgan fingerprint density at radius 1 is 1.29 bits per heavy atom. The molecule has 0 amide bonds. The SMILES string of the molecule is CCOC(=O)C(C)(N)CCCCN(C)CC1CCCCC1. The molecule has 0 saturated heterocycles. The van der Waals surface area contributed by atoms with Crippen LogP contribution in [0.4, 0.5) is 0 Å². The number of carbonyl (C=O) groups excluding carboxylic acids is 1. The van der Waals surface area contributed by atoms with Gasteiger partial charge < -0.3 is 15.4 Å². The van der Waals surface area contributed by atoms with Crippen molar-refractivity contribution < 1.29 is 9.53 Å². The highest BCUT2D eigenvalue weighted by Gasteiger charge is 2.29. The van der Waals surface area contributed by atoms with E-state index in [1.165, 1.54) is 38.6 Å². The van der Waals surface area contributed by atoms with Crippen LogP contribution in [-0.2, 0) is 9.53 Å². The van der Waals surface area contributed by atoms with Crippen molar-refractivity contribution in [2.75, 3.05) is 26.7 Å². The Morgan fingerprint density at radius 2 is 1.95 bits per heavy atom. The van der Waals surface area contributed by atoms with E-state index >= 15 is 0 Å². The molecule has 2 N–H and O–H groups in total. The second-order valence-corrected chi connectivity index (χ2v) is 6.86. The lowest BCUT2D eigenvalue weighted by atomic mass is 9.89. The molecule has 4 heteroatoms. The Balaban J connectivity index is 2.13. The minimum atomic E-state index is -0.835. The highest BCUT2D eigenvalue weighted by Crippen LogP contribution is 2.24. The van der Waals surface area contributed by atoms with Gasteiger partial charge >= 0.3 is 5.97 Å². The lowest BCUT2D eigenvalue weighted by Crippen LogP contribution is -2.46. The fourth-order valence-corrected chi connectivity index (χ4v) is 3.17. The third-order valence-electron chi connectivity index (χ3n) is 4.52. The molecule has 0 aromatic carbocycles. The monoisotopic (exact) mass is 298 g/mol. The van der Waals surface area contributed by atoms with Gasteiger partial charge in [0.15, 0.2) is 0 Å². The topological polar surface area (TPSA) is 55.6 Å². The zero-order valence-corrected chi connectivity index (χ0v) is 14.2. The number of hydrogen-bond donors (Lipinski definition) is 1. The van der Waals surface area contributed by atoms with Crippen molar-refractivity contribution in [1.82, 2.24) is 4.90 Å². The summed E-state index contributed by atoms with van der Waals surface area (Å²) in [6.45, 7) is 6.30. The van der Waals surface area contributed by atoms with E-state index < -0.39 is 5.54 Å². The van der Waals surface area contributed by atoms with Crippen LogP contribution in [0.2, 0.25) is 0 Å². The summed E-state index contributed by atoms with van der Waals surface area (Å²) in [7, 11) is 2.21. The Morgan fingerprint density at radius 3 is 2.57 bits per heavy atom. The zero-order chi connectivity index (χ0) is 15.7. The maximum Gasteiger partial charge on any atom is 0.325 e. The van der Waals surface area contributed by atoms with Crippen LogP contribution >= 0.6 is 0 Å². The second kappa shape index (κ2) is 9.42. The lowest BCUT2D eigenvalue weighted by Gasteiger charge is -2.27. The van der Waals surface area contributed by atoms with Gasteiger partial charge in [-0.15, -0.1) is 0 Å². The van der Waals surface area contributed by atoms with Crippen LogP contribution in [-0.4, -0.2) is 43.2 Å². The van der Waals surface area contributed by atoms with Crippen molar-refractivity contribution in [2.24, 2.45) is 11.7 Å². The van der Waals surface area contributed by atoms with Gasteiger partial charge in [-0.05, 0) is 65.5 Å². The molecule has 0 heterocycles. The number of rotatable bonds is 9. The molecule has 1 aliphatic carbocycles. The molecule has 0 aliphatic heterocycles. The van der Waals surface area contributed by atoms with Gasteiger partial charge in [0.1, 0.15) is 5.54 Å². The predicted octanol–water partition coefficient (Wildman–Crippen LogP) is 2.95. The predicted molar refractivity (Wildman–Crippen MR) is 87.1 cm³/mol. The van der Waals surface area contributed by atoms with Gasteiger partial charge in [0, 0.05) is 6.54 Å². The number of nitrogens with zero attached hydrogens (tertiary/aromatic N) is 1. The van der Waals surface area contributed by atoms with Gasteiger partial charge in [-0.3, -0.25) is 4.79 Å². The Labute approximate surface area is 130 Å². The molecule has 1 fully saturated rings. The van der Waals surface area contributed by atoms with Crippen LogP contribution in [0.25, 0.3) is 0 Å². The maximum absolute atomic E-state index is 11.7. The fraction of sp³-hybridized carbons (Fsp3) is 0.941. The summed E-state index contributed by atoms with van der Waals surface area (Å²) in [5, 5.41) is 0. The van der Waals surface area contributed by atoms with Gasteiger partial charge in [-0.2, -0.15) is 0 Å². The van der Waals surface area contributed by atoms with Crippen LogP contribution < -0.4 is 5.73 Å². The average molecular weight is 298 g/mol. The van der Waals surface area contributed by atoms with E-state index in [-0.39, 0.29) is 5.97 Å². The molecule has 1 unspecified atom stereocenters. The third kappa shape index (κ3) is 7.28. The van der Waals surface area contributed by atoms with Crippen LogP contribution in [0.3, 0.4) is 0 Å². The molecule has 1 rings (SSSR count). The summed E-state index contributed by atoms with van der Waals surface area (Å²) < 4.78 is 5.01. The third-order valence-corrected chi connectivity index (χ3v) is 4.52. The molecule has 21 heavy (non-hydrogen) atoms. The van der Waals surface area contributed by atoms with Gasteiger partial charge in [0.2, 0.25) is 0 Å². The summed E-state index contributed by atoms with van der Waals surface area (Å²) in [5.41, 5.74) is 5.19. The van der Waals surface area contributed by atoms with Crippen molar-refractivity contribution in [3.05, 3.63) is 0 Å². The zero-order valence-electron chi connectivity index (χ0n) is 14.2. The van der Waals surface area contributed by atoms with Gasteiger partial charge in [0.05, 0.1) is 6.61 Å². The van der Waals surface area contributed by atoms with Gasteiger partial charge in [0.25, 0.3) is 0 Å². The van der Waals surface area contributed by atoms with Crippen LogP contribution in [0.5, 0.6) is 0 Å². The first-order valence-corrected chi connectivity index (χ1v) is 8.60. The minimum absolute atomic E-state index is 0.277. The number of esters is 1. The molecule has 1 atom stereocenters. The van der Waals surface area contributed by atoms with Crippen LogP contribution in [0, 0.1) is 5.92 Å². The number of ether oxygens (including phenoxy) is 1. The van der Waals surface area contributed by atoms with Crippen LogP contribution in [0.15, 0.2) is 0 Å². The second-order valence-electron chi connectivity index (χ2n) is 6.86. The fourth-order valence-electron chi connectivity index (χ4n) is 3.17. The highest BCUT2D eigenvalue weighted by atomic mass is 16.5. The lowest BCUT2D eigenvalue weighted by molar-refractivity contribution is -0.149. The molecule has 0 radical (unpaired) electrons. The first-order valence-electron chi connectivity index (χ1n) is 8.60. The number of hydrogen-bond acceptors (Lipinski definition) is 4. The molecule has 0 aromatic rings. The first-order chi connectivity index (χ1) is 9.95.